The SMILES string of the molecule is Cn1c(=O)n(C2CCC(=O)NC2=O)c2ccc(Cl)c(N3CCC(C=O)CC3)c21. The highest BCUT2D eigenvalue weighted by Gasteiger charge is 2.33. The second-order valence-electron chi connectivity index (χ2n) is 7.40. The van der Waals surface area contributed by atoms with Gasteiger partial charge >= 0.3 is 5.69 Å². The molecule has 3 heterocycles. The van der Waals surface area contributed by atoms with Crippen LogP contribution in [0.5, 0.6) is 0 Å². The predicted molar refractivity (Wildman–Crippen MR) is 105 cm³/mol. The Bertz CT molecular complexity index is 1030. The maximum Gasteiger partial charge on any atom is 0.329 e. The number of aryl methyl sites for hydroxylation is 1. The Hall–Kier alpha value is -2.61. The van der Waals surface area contributed by atoms with Crippen LogP contribution in [-0.2, 0) is 21.4 Å². The Morgan fingerprint density at radius 2 is 1.86 bits per heavy atom. The summed E-state index contributed by atoms with van der Waals surface area (Å²) in [7, 11) is 1.66. The Morgan fingerprint density at radius 1 is 1.14 bits per heavy atom. The van der Waals surface area contributed by atoms with Crippen molar-refractivity contribution in [2.75, 3.05) is 18.0 Å². The minimum absolute atomic E-state index is 0.0473. The molecule has 9 heteroatoms. The summed E-state index contributed by atoms with van der Waals surface area (Å²) < 4.78 is 2.96. The number of hydrogen-bond donors (Lipinski definition) is 1. The third-order valence-corrected chi connectivity index (χ3v) is 6.04. The number of nitrogens with zero attached hydrogens (tertiary/aromatic N) is 3. The molecule has 2 amide bonds. The Morgan fingerprint density at radius 3 is 2.50 bits per heavy atom. The van der Waals surface area contributed by atoms with Crippen molar-refractivity contribution in [2.45, 2.75) is 31.7 Å². The van der Waals surface area contributed by atoms with Crippen LogP contribution in [0.25, 0.3) is 11.0 Å². The van der Waals surface area contributed by atoms with Crippen molar-refractivity contribution >= 4 is 46.4 Å². The first-order valence-corrected chi connectivity index (χ1v) is 9.73. The lowest BCUT2D eigenvalue weighted by molar-refractivity contribution is -0.135. The fraction of sp³-hybridized carbons (Fsp3) is 0.474. The molecule has 0 saturated carbocycles. The third kappa shape index (κ3) is 2.92. The second kappa shape index (κ2) is 7.09. The van der Waals surface area contributed by atoms with E-state index in [1.807, 2.05) is 0 Å². The number of amides is 2. The van der Waals surface area contributed by atoms with Gasteiger partial charge in [0, 0.05) is 32.5 Å². The number of halogens is 1. The van der Waals surface area contributed by atoms with Crippen LogP contribution in [0, 0.1) is 5.92 Å². The molecular formula is C19H21ClN4O4. The number of benzene rings is 1. The highest BCUT2D eigenvalue weighted by atomic mass is 35.5. The summed E-state index contributed by atoms with van der Waals surface area (Å²) in [5.74, 6) is -0.739. The van der Waals surface area contributed by atoms with Gasteiger partial charge in [-0.1, -0.05) is 11.6 Å². The summed E-state index contributed by atoms with van der Waals surface area (Å²) >= 11 is 6.51. The van der Waals surface area contributed by atoms with Crippen molar-refractivity contribution in [2.24, 2.45) is 13.0 Å². The van der Waals surface area contributed by atoms with Crippen molar-refractivity contribution in [1.29, 1.82) is 0 Å². The number of piperidine rings is 2. The van der Waals surface area contributed by atoms with E-state index >= 15 is 0 Å². The molecule has 1 atom stereocenters. The highest BCUT2D eigenvalue weighted by Crippen LogP contribution is 2.37. The standard InChI is InChI=1S/C19H21ClN4O4/c1-22-17-13(24(19(22)28)14-4-5-15(26)21-18(14)27)3-2-12(20)16(17)23-8-6-11(10-25)7-9-23/h2-3,10-11,14H,4-9H2,1H3,(H,21,26,27). The summed E-state index contributed by atoms with van der Waals surface area (Å²) in [6.45, 7) is 1.33. The number of hydrogen-bond acceptors (Lipinski definition) is 5. The van der Waals surface area contributed by atoms with E-state index in [-0.39, 0.29) is 30.4 Å². The number of imide groups is 1. The Balaban J connectivity index is 1.84. The first-order chi connectivity index (χ1) is 13.4. The van der Waals surface area contributed by atoms with E-state index < -0.39 is 11.9 Å². The average Bonchev–Trinajstić information content (AvgIpc) is 2.93. The maximum atomic E-state index is 13.0. The molecule has 28 heavy (non-hydrogen) atoms. The summed E-state index contributed by atoms with van der Waals surface area (Å²) in [5, 5.41) is 2.83. The van der Waals surface area contributed by atoms with Crippen molar-refractivity contribution in [3.8, 4) is 0 Å². The van der Waals surface area contributed by atoms with Gasteiger partial charge in [0.2, 0.25) is 11.8 Å². The molecule has 148 valence electrons. The first-order valence-electron chi connectivity index (χ1n) is 9.35. The largest absolute Gasteiger partial charge is 0.369 e. The molecule has 2 saturated heterocycles. The van der Waals surface area contributed by atoms with Crippen molar-refractivity contribution in [1.82, 2.24) is 14.5 Å². The van der Waals surface area contributed by atoms with Crippen LogP contribution in [0.4, 0.5) is 5.69 Å². The van der Waals surface area contributed by atoms with E-state index in [4.69, 9.17) is 11.6 Å². The van der Waals surface area contributed by atoms with Crippen molar-refractivity contribution in [3.63, 3.8) is 0 Å². The third-order valence-electron chi connectivity index (χ3n) is 5.74. The number of carbonyl (C=O) groups is 3. The molecule has 0 aliphatic carbocycles. The molecule has 1 aromatic heterocycles. The maximum absolute atomic E-state index is 13.0. The molecule has 2 aromatic rings. The van der Waals surface area contributed by atoms with Gasteiger partial charge in [0.15, 0.2) is 0 Å². The first kappa shape index (κ1) is 18.7. The number of anilines is 1. The molecule has 2 aliphatic rings. The van der Waals surface area contributed by atoms with Crippen LogP contribution in [0.2, 0.25) is 5.02 Å². The van der Waals surface area contributed by atoms with Gasteiger partial charge in [-0.2, -0.15) is 0 Å². The topological polar surface area (TPSA) is 93.4 Å². The average molecular weight is 405 g/mol. The minimum atomic E-state index is -0.733. The molecule has 1 N–H and O–H groups in total. The van der Waals surface area contributed by atoms with Gasteiger partial charge < -0.3 is 9.69 Å². The predicted octanol–water partition coefficient (Wildman–Crippen LogP) is 1.39. The van der Waals surface area contributed by atoms with E-state index in [1.54, 1.807) is 19.2 Å². The zero-order chi connectivity index (χ0) is 20.0. The van der Waals surface area contributed by atoms with Crippen LogP contribution >= 0.6 is 11.6 Å². The number of imidazole rings is 1. The van der Waals surface area contributed by atoms with Crippen LogP contribution < -0.4 is 15.9 Å². The van der Waals surface area contributed by atoms with Gasteiger partial charge in [0.1, 0.15) is 12.3 Å². The van der Waals surface area contributed by atoms with E-state index in [2.05, 4.69) is 10.2 Å². The molecular weight excluding hydrogens is 384 g/mol. The van der Waals surface area contributed by atoms with E-state index in [0.29, 0.717) is 29.1 Å². The van der Waals surface area contributed by atoms with E-state index in [0.717, 1.165) is 24.8 Å². The molecule has 2 fully saturated rings. The van der Waals surface area contributed by atoms with Crippen LogP contribution in [0.3, 0.4) is 0 Å². The highest BCUT2D eigenvalue weighted by molar-refractivity contribution is 6.34. The molecule has 4 rings (SSSR count). The normalized spacial score (nSPS) is 21.2. The number of nitrogens with one attached hydrogen (secondary N) is 1. The van der Waals surface area contributed by atoms with Crippen molar-refractivity contribution < 1.29 is 14.4 Å². The van der Waals surface area contributed by atoms with Gasteiger partial charge in [-0.25, -0.2) is 4.79 Å². The number of aromatic nitrogens is 2. The molecule has 2 aliphatic heterocycles. The molecule has 0 bridgehead atoms. The summed E-state index contributed by atoms with van der Waals surface area (Å²) in [6, 6.07) is 2.74. The van der Waals surface area contributed by atoms with Crippen molar-refractivity contribution in [3.05, 3.63) is 27.6 Å². The summed E-state index contributed by atoms with van der Waals surface area (Å²) in [6.07, 6.45) is 2.94. The quantitative estimate of drug-likeness (QED) is 0.616. The molecule has 8 nitrogen and oxygen atoms in total. The number of aldehydes is 1. The monoisotopic (exact) mass is 404 g/mol. The lowest BCUT2D eigenvalue weighted by atomic mass is 9.98. The van der Waals surface area contributed by atoms with Gasteiger partial charge in [-0.3, -0.25) is 24.0 Å². The molecule has 0 radical (unpaired) electrons. The number of fused-ring (bicyclic) bond motifs is 1. The fourth-order valence-corrected chi connectivity index (χ4v) is 4.49. The zero-order valence-corrected chi connectivity index (χ0v) is 16.2. The molecule has 1 aromatic carbocycles. The lowest BCUT2D eigenvalue weighted by Crippen LogP contribution is -2.44. The van der Waals surface area contributed by atoms with Crippen LogP contribution in [0.1, 0.15) is 31.7 Å². The van der Waals surface area contributed by atoms with Crippen LogP contribution in [-0.4, -0.2) is 40.3 Å². The van der Waals surface area contributed by atoms with Gasteiger partial charge in [0.05, 0.1) is 21.7 Å². The molecule has 0 spiro atoms. The smallest absolute Gasteiger partial charge is 0.329 e. The van der Waals surface area contributed by atoms with Crippen LogP contribution in [0.15, 0.2) is 16.9 Å². The lowest BCUT2D eigenvalue weighted by Gasteiger charge is -2.32. The Labute approximate surface area is 166 Å². The van der Waals surface area contributed by atoms with E-state index in [9.17, 15) is 19.2 Å². The second-order valence-corrected chi connectivity index (χ2v) is 7.81. The minimum Gasteiger partial charge on any atom is -0.369 e. The van der Waals surface area contributed by atoms with Gasteiger partial charge in [-0.05, 0) is 31.4 Å². The number of carbonyl (C=O) groups excluding carboxylic acids is 3. The summed E-state index contributed by atoms with van der Waals surface area (Å²) in [4.78, 5) is 50.0. The zero-order valence-electron chi connectivity index (χ0n) is 15.5. The fourth-order valence-electron chi connectivity index (χ4n) is 4.22. The van der Waals surface area contributed by atoms with Gasteiger partial charge in [-0.15, -0.1) is 0 Å². The van der Waals surface area contributed by atoms with E-state index in [1.165, 1.54) is 9.13 Å². The summed E-state index contributed by atoms with van der Waals surface area (Å²) in [5.41, 5.74) is 1.69. The number of rotatable bonds is 3. The Kier molecular flexibility index (Phi) is 4.74. The molecule has 1 unspecified atom stereocenters. The van der Waals surface area contributed by atoms with Gasteiger partial charge in [0.25, 0.3) is 0 Å².